The fourth-order valence-electron chi connectivity index (χ4n) is 9.18. The minimum Gasteiger partial charge on any atom is -0.428 e. The molecule has 0 spiro atoms. The van der Waals surface area contributed by atoms with Crippen molar-refractivity contribution in [1.82, 2.24) is 20.0 Å². The number of ether oxygens (including phenoxy) is 6. The van der Waals surface area contributed by atoms with Gasteiger partial charge < -0.3 is 53.3 Å². The van der Waals surface area contributed by atoms with Crippen LogP contribution in [0.15, 0.2) is 97.1 Å². The monoisotopic (exact) mass is 1390 g/mol. The lowest BCUT2D eigenvalue weighted by Crippen LogP contribution is -2.52. The number of nitrogens with zero attached hydrogens (tertiary/aromatic N) is 5. The van der Waals surface area contributed by atoms with E-state index in [0.29, 0.717) is 51.1 Å². The second-order valence-corrected chi connectivity index (χ2v) is 24.7. The number of amides is 2. The molecule has 2 saturated heterocycles. The van der Waals surface area contributed by atoms with Crippen LogP contribution in [-0.4, -0.2) is 173 Å². The third-order valence-corrected chi connectivity index (χ3v) is 14.4. The molecule has 2 aliphatic heterocycles. The SMILES string of the molecule is Cc1ccc(C=O)c(N(CCCC(=O)OCOC(=O)C(C)(C)C)Cc2ccccc2)c1.Cc1ccc(CN2CCN(C(=O)OC(C(F)(F)F)C(F)(F)F)CC2)c(N(CCCC(=O)OCOC(=O)C(C)(C)C)Cc2ccccc2)c1.O=C(OC(C(F)(F)F)C(F)(F)F)N1CCNCC1. The van der Waals surface area contributed by atoms with Crippen molar-refractivity contribution in [3.05, 3.63) is 130 Å². The fraction of sp³-hybridized carbons (Fsp3) is 0.530. The zero-order chi connectivity index (χ0) is 72.5. The number of carbonyl (C=O) groups is 7. The average molecular weight is 1400 g/mol. The summed E-state index contributed by atoms with van der Waals surface area (Å²) in [7, 11) is 0. The Balaban J connectivity index is 0.000000347. The summed E-state index contributed by atoms with van der Waals surface area (Å²) in [5.41, 5.74) is 6.01. The van der Waals surface area contributed by atoms with E-state index in [-0.39, 0.29) is 72.0 Å². The number of benzene rings is 4. The molecule has 0 unspecified atom stereocenters. The van der Waals surface area contributed by atoms with Crippen molar-refractivity contribution >= 4 is 53.7 Å². The highest BCUT2D eigenvalue weighted by molar-refractivity contribution is 5.85. The molecule has 2 fully saturated rings. The van der Waals surface area contributed by atoms with Crippen LogP contribution in [0.3, 0.4) is 0 Å². The Morgan fingerprint density at radius 3 is 1.28 bits per heavy atom. The first-order valence-electron chi connectivity index (χ1n) is 30.7. The number of halogens is 12. The van der Waals surface area contributed by atoms with Crippen molar-refractivity contribution in [3.63, 3.8) is 0 Å². The van der Waals surface area contributed by atoms with Gasteiger partial charge in [0.25, 0.3) is 12.2 Å². The van der Waals surface area contributed by atoms with Crippen molar-refractivity contribution in [2.45, 2.75) is 138 Å². The van der Waals surface area contributed by atoms with Gasteiger partial charge in [-0.05, 0) is 114 Å². The van der Waals surface area contributed by atoms with Crippen LogP contribution in [0.4, 0.5) is 73.6 Å². The van der Waals surface area contributed by atoms with E-state index in [1.54, 1.807) is 41.5 Å². The Morgan fingerprint density at radius 2 is 0.887 bits per heavy atom. The number of piperazine rings is 2. The van der Waals surface area contributed by atoms with Crippen LogP contribution in [-0.2, 0) is 67.2 Å². The Bertz CT molecular complexity index is 3140. The molecular weight excluding hydrogens is 1310 g/mol. The number of aldehydes is 1. The van der Waals surface area contributed by atoms with E-state index in [9.17, 15) is 86.2 Å². The third kappa shape index (κ3) is 28.7. The van der Waals surface area contributed by atoms with Crippen molar-refractivity contribution in [1.29, 1.82) is 0 Å². The summed E-state index contributed by atoms with van der Waals surface area (Å²) in [6, 6.07) is 31.2. The Hall–Kier alpha value is -8.35. The van der Waals surface area contributed by atoms with Gasteiger partial charge in [0.15, 0.2) is 6.29 Å². The van der Waals surface area contributed by atoms with E-state index in [0.717, 1.165) is 55.3 Å². The first-order chi connectivity index (χ1) is 45.2. The van der Waals surface area contributed by atoms with Gasteiger partial charge in [-0.3, -0.25) is 28.9 Å². The zero-order valence-corrected chi connectivity index (χ0v) is 55.0. The molecule has 6 rings (SSSR count). The number of carbonyl (C=O) groups excluding carboxylic acids is 7. The van der Waals surface area contributed by atoms with Gasteiger partial charge in [-0.15, -0.1) is 0 Å². The smallest absolute Gasteiger partial charge is 0.428 e. The maximum absolute atomic E-state index is 12.9. The van der Waals surface area contributed by atoms with E-state index in [1.165, 1.54) is 0 Å². The summed E-state index contributed by atoms with van der Waals surface area (Å²) >= 11 is 0. The predicted molar refractivity (Wildman–Crippen MR) is 330 cm³/mol. The molecule has 97 heavy (non-hydrogen) atoms. The number of aryl methyl sites for hydroxylation is 2. The maximum atomic E-state index is 12.9. The molecule has 0 bridgehead atoms. The molecule has 31 heteroatoms. The van der Waals surface area contributed by atoms with E-state index in [2.05, 4.69) is 24.6 Å². The zero-order valence-electron chi connectivity index (χ0n) is 55.0. The molecule has 2 amide bonds. The van der Waals surface area contributed by atoms with Crippen molar-refractivity contribution in [2.75, 3.05) is 88.8 Å². The second-order valence-electron chi connectivity index (χ2n) is 24.7. The molecule has 4 aromatic carbocycles. The minimum atomic E-state index is -5.79. The van der Waals surface area contributed by atoms with Crippen LogP contribution < -0.4 is 15.1 Å². The lowest BCUT2D eigenvalue weighted by atomic mass is 9.97. The largest absolute Gasteiger partial charge is 0.434 e. The van der Waals surface area contributed by atoms with Crippen molar-refractivity contribution in [2.24, 2.45) is 10.8 Å². The van der Waals surface area contributed by atoms with E-state index in [1.807, 2.05) is 116 Å². The highest BCUT2D eigenvalue weighted by Crippen LogP contribution is 2.38. The predicted octanol–water partition coefficient (Wildman–Crippen LogP) is 12.8. The quantitative estimate of drug-likeness (QED) is 0.0241. The Morgan fingerprint density at radius 1 is 0.505 bits per heavy atom. The van der Waals surface area contributed by atoms with Gasteiger partial charge in [0.05, 0.1) is 10.8 Å². The van der Waals surface area contributed by atoms with Crippen molar-refractivity contribution in [3.8, 4) is 0 Å². The van der Waals surface area contributed by atoms with Crippen molar-refractivity contribution < 1.29 is 115 Å². The molecule has 0 saturated carbocycles. The number of esters is 4. The second kappa shape index (κ2) is 36.8. The molecule has 2 heterocycles. The minimum absolute atomic E-state index is 0.00126. The average Bonchev–Trinajstić information content (AvgIpc) is 0.844. The van der Waals surface area contributed by atoms with Crippen LogP contribution in [0.25, 0.3) is 0 Å². The molecular formula is C66H82F12N6O13. The molecule has 0 aliphatic carbocycles. The fourth-order valence-corrected chi connectivity index (χ4v) is 9.18. The lowest BCUT2D eigenvalue weighted by molar-refractivity contribution is -0.309. The number of nitrogens with one attached hydrogen (secondary N) is 1. The summed E-state index contributed by atoms with van der Waals surface area (Å²) in [5, 5.41) is 2.79. The van der Waals surface area contributed by atoms with E-state index >= 15 is 0 Å². The molecule has 2 aliphatic rings. The van der Waals surface area contributed by atoms with Gasteiger partial charge in [-0.25, -0.2) is 9.59 Å². The molecule has 0 atom stereocenters. The molecule has 19 nitrogen and oxygen atoms in total. The molecule has 4 aromatic rings. The highest BCUT2D eigenvalue weighted by atomic mass is 19.4. The van der Waals surface area contributed by atoms with Gasteiger partial charge in [-0.2, -0.15) is 52.7 Å². The first kappa shape index (κ1) is 81.1. The van der Waals surface area contributed by atoms with Gasteiger partial charge >= 0.3 is 60.8 Å². The topological polar surface area (TPSA) is 203 Å². The van der Waals surface area contributed by atoms with Crippen LogP contribution in [0, 0.1) is 24.7 Å². The number of alkyl halides is 12. The highest BCUT2D eigenvalue weighted by Gasteiger charge is 2.61. The van der Waals surface area contributed by atoms with Crippen LogP contribution >= 0.6 is 0 Å². The number of anilines is 2. The normalized spacial score (nSPS) is 14.0. The van der Waals surface area contributed by atoms with Crippen LogP contribution in [0.2, 0.25) is 0 Å². The third-order valence-electron chi connectivity index (χ3n) is 14.4. The summed E-state index contributed by atoms with van der Waals surface area (Å²) in [4.78, 5) is 90.8. The number of rotatable bonds is 23. The summed E-state index contributed by atoms with van der Waals surface area (Å²) in [6.45, 7) is 16.6. The molecule has 1 N–H and O–H groups in total. The van der Waals surface area contributed by atoms with Gasteiger partial charge in [0.1, 0.15) is 0 Å². The summed E-state index contributed by atoms with van der Waals surface area (Å²) < 4.78 is 177. The number of hydrogen-bond donors (Lipinski definition) is 1. The first-order valence-corrected chi connectivity index (χ1v) is 30.7. The molecule has 538 valence electrons. The lowest BCUT2D eigenvalue weighted by Gasteiger charge is -2.36. The van der Waals surface area contributed by atoms with Crippen LogP contribution in [0.1, 0.15) is 105 Å². The van der Waals surface area contributed by atoms with E-state index < -0.39 is 90.6 Å². The van der Waals surface area contributed by atoms with Crippen LogP contribution in [0.5, 0.6) is 0 Å². The summed E-state index contributed by atoms with van der Waals surface area (Å²) in [5.74, 6) is -1.86. The standard InChI is InChI=1S/C33H41F6N3O6.C25H31NO5.C8H10F6N2O2/c1-23-12-13-25(21-40-15-17-41(18-16-40)30(45)48-28(32(34,35)36)33(37,38)39)26(19-23)42(20-24-9-6-5-7-10-24)14-8-11-27(43)46-22-47-29(44)31(2,3)4;1-19-12-13-21(17-27)22(15-19)26(16-20-9-6-5-7-10-20)14-8-11-23(28)30-18-31-24(29)25(2,3)4;9-7(10,11)5(8(12,13)14)18-6(17)16-3-1-15-2-4-16/h5-7,9-10,12-13,19,28H,8,11,14-18,20-22H2,1-4H3;5-7,9-10,12-13,15,17H,8,11,14,16,18H2,1-4H3;5,15H,1-4H2. The number of hydrogen-bond acceptors (Lipinski definition) is 17. The van der Waals surface area contributed by atoms with Gasteiger partial charge in [-0.1, -0.05) is 78.9 Å². The Labute approximate surface area is 554 Å². The molecule has 0 aromatic heterocycles. The maximum Gasteiger partial charge on any atom is 0.434 e. The Kier molecular flexibility index (Phi) is 30.8. The van der Waals surface area contributed by atoms with Gasteiger partial charge in [0.2, 0.25) is 13.6 Å². The van der Waals surface area contributed by atoms with E-state index in [4.69, 9.17) is 18.9 Å². The summed E-state index contributed by atoms with van der Waals surface area (Å²) in [6.07, 6.45) is -32.5. The van der Waals surface area contributed by atoms with Gasteiger partial charge in [0, 0.05) is 115 Å². The molecule has 0 radical (unpaired) electrons.